The number of nitrogens with one attached hydrogen (secondary N) is 1. The number of hydrogen-bond acceptors (Lipinski definition) is 4. The minimum Gasteiger partial charge on any atom is -0.439 e. The largest absolute Gasteiger partial charge is 0.439 e. The van der Waals surface area contributed by atoms with Gasteiger partial charge in [-0.25, -0.2) is 9.37 Å². The summed E-state index contributed by atoms with van der Waals surface area (Å²) in [5, 5.41) is 5.62. The summed E-state index contributed by atoms with van der Waals surface area (Å²) in [6.45, 7) is 2.58. The Morgan fingerprint density at radius 3 is 2.56 bits per heavy atom. The van der Waals surface area contributed by atoms with Crippen molar-refractivity contribution in [1.82, 2.24) is 10.3 Å². The Balaban J connectivity index is 1.51. The van der Waals surface area contributed by atoms with Gasteiger partial charge < -0.3 is 4.42 Å². The highest BCUT2D eigenvalue weighted by atomic mass is 32.1. The molecule has 0 unspecified atom stereocenters. The molecule has 4 aromatic rings. The van der Waals surface area contributed by atoms with Crippen LogP contribution in [0.1, 0.15) is 27.9 Å². The van der Waals surface area contributed by atoms with Crippen LogP contribution >= 0.6 is 11.3 Å². The van der Waals surface area contributed by atoms with E-state index in [0.29, 0.717) is 18.2 Å². The van der Waals surface area contributed by atoms with E-state index in [4.69, 9.17) is 4.42 Å². The second-order valence-electron chi connectivity index (χ2n) is 6.37. The van der Waals surface area contributed by atoms with Gasteiger partial charge in [0, 0.05) is 10.4 Å². The SMILES string of the molecule is Cc1ccc([C@H](NCc2ncc(-c3ccc(F)cc3)o2)c2cccs2)cc1. The number of thiophene rings is 1. The highest BCUT2D eigenvalue weighted by Gasteiger charge is 2.16. The fraction of sp³-hybridized carbons (Fsp3) is 0.136. The van der Waals surface area contributed by atoms with E-state index in [0.717, 1.165) is 5.56 Å². The van der Waals surface area contributed by atoms with Gasteiger partial charge in [0.25, 0.3) is 0 Å². The molecule has 0 radical (unpaired) electrons. The quantitative estimate of drug-likeness (QED) is 0.466. The van der Waals surface area contributed by atoms with Crippen molar-refractivity contribution in [2.75, 3.05) is 0 Å². The molecular formula is C22H19FN2OS. The van der Waals surface area contributed by atoms with Gasteiger partial charge in [-0.05, 0) is 48.2 Å². The maximum atomic E-state index is 13.1. The Labute approximate surface area is 161 Å². The van der Waals surface area contributed by atoms with Gasteiger partial charge in [-0.3, -0.25) is 5.32 Å². The van der Waals surface area contributed by atoms with E-state index in [1.807, 2.05) is 0 Å². The molecule has 0 bridgehead atoms. The minimum atomic E-state index is -0.267. The zero-order valence-electron chi connectivity index (χ0n) is 14.9. The lowest BCUT2D eigenvalue weighted by Gasteiger charge is -2.17. The molecule has 3 nitrogen and oxygen atoms in total. The van der Waals surface area contributed by atoms with Crippen molar-refractivity contribution in [3.8, 4) is 11.3 Å². The summed E-state index contributed by atoms with van der Waals surface area (Å²) in [6.07, 6.45) is 1.68. The van der Waals surface area contributed by atoms with E-state index >= 15 is 0 Å². The molecule has 5 heteroatoms. The van der Waals surface area contributed by atoms with Crippen molar-refractivity contribution in [1.29, 1.82) is 0 Å². The Morgan fingerprint density at radius 2 is 1.85 bits per heavy atom. The highest BCUT2D eigenvalue weighted by Crippen LogP contribution is 2.27. The van der Waals surface area contributed by atoms with E-state index in [-0.39, 0.29) is 11.9 Å². The monoisotopic (exact) mass is 378 g/mol. The van der Waals surface area contributed by atoms with E-state index in [1.54, 1.807) is 29.7 Å². The lowest BCUT2D eigenvalue weighted by atomic mass is 10.0. The molecule has 0 saturated heterocycles. The summed E-state index contributed by atoms with van der Waals surface area (Å²) in [7, 11) is 0. The van der Waals surface area contributed by atoms with Gasteiger partial charge in [-0.1, -0.05) is 35.9 Å². The molecule has 2 aromatic heterocycles. The van der Waals surface area contributed by atoms with Crippen LogP contribution in [-0.4, -0.2) is 4.98 Å². The second-order valence-corrected chi connectivity index (χ2v) is 7.34. The van der Waals surface area contributed by atoms with Gasteiger partial charge in [0.1, 0.15) is 5.82 Å². The number of oxazole rings is 1. The van der Waals surface area contributed by atoms with Gasteiger partial charge in [-0.15, -0.1) is 11.3 Å². The molecule has 1 N–H and O–H groups in total. The summed E-state index contributed by atoms with van der Waals surface area (Å²) in [5.74, 6) is 0.967. The number of rotatable bonds is 6. The number of halogens is 1. The average Bonchev–Trinajstić information content (AvgIpc) is 3.36. The first kappa shape index (κ1) is 17.6. The second kappa shape index (κ2) is 7.86. The molecule has 0 spiro atoms. The number of nitrogens with zero attached hydrogens (tertiary/aromatic N) is 1. The maximum Gasteiger partial charge on any atom is 0.208 e. The molecule has 0 fully saturated rings. The molecule has 4 rings (SSSR count). The number of benzene rings is 2. The molecule has 2 heterocycles. The van der Waals surface area contributed by atoms with Crippen molar-refractivity contribution < 1.29 is 8.81 Å². The summed E-state index contributed by atoms with van der Waals surface area (Å²) < 4.78 is 18.9. The zero-order valence-corrected chi connectivity index (χ0v) is 15.7. The van der Waals surface area contributed by atoms with E-state index < -0.39 is 0 Å². The molecule has 0 amide bonds. The minimum absolute atomic E-state index is 0.0757. The summed E-state index contributed by atoms with van der Waals surface area (Å²) in [5.41, 5.74) is 3.25. The molecule has 0 aliphatic heterocycles. The maximum absolute atomic E-state index is 13.1. The van der Waals surface area contributed by atoms with Crippen LogP contribution in [0.5, 0.6) is 0 Å². The number of aryl methyl sites for hydroxylation is 1. The van der Waals surface area contributed by atoms with Crippen LogP contribution in [0, 0.1) is 12.7 Å². The highest BCUT2D eigenvalue weighted by molar-refractivity contribution is 7.10. The molecule has 0 aliphatic carbocycles. The summed E-state index contributed by atoms with van der Waals surface area (Å²) in [4.78, 5) is 5.60. The standard InChI is InChI=1S/C22H19FN2OS/c1-15-4-6-17(7-5-15)22(20-3-2-12-27-20)25-14-21-24-13-19(26-21)16-8-10-18(23)11-9-16/h2-13,22,25H,14H2,1H3/t22-/m0/s1. The van der Waals surface area contributed by atoms with Gasteiger partial charge in [0.05, 0.1) is 18.8 Å². The third-order valence-electron chi connectivity index (χ3n) is 4.38. The van der Waals surface area contributed by atoms with Gasteiger partial charge >= 0.3 is 0 Å². The topological polar surface area (TPSA) is 38.1 Å². The first-order valence-corrected chi connectivity index (χ1v) is 9.61. The fourth-order valence-electron chi connectivity index (χ4n) is 2.93. The number of aromatic nitrogens is 1. The van der Waals surface area contributed by atoms with E-state index in [2.05, 4.69) is 59.0 Å². The van der Waals surface area contributed by atoms with Crippen molar-refractivity contribution in [3.05, 3.63) is 100.0 Å². The lowest BCUT2D eigenvalue weighted by molar-refractivity contribution is 0.464. The summed E-state index contributed by atoms with van der Waals surface area (Å²) >= 11 is 1.72. The molecule has 1 atom stereocenters. The third-order valence-corrected chi connectivity index (χ3v) is 5.32. The molecular weight excluding hydrogens is 359 g/mol. The van der Waals surface area contributed by atoms with E-state index in [1.165, 1.54) is 28.1 Å². The Morgan fingerprint density at radius 1 is 1.07 bits per heavy atom. The molecule has 0 aliphatic rings. The van der Waals surface area contributed by atoms with Crippen LogP contribution in [0.4, 0.5) is 4.39 Å². The predicted octanol–water partition coefficient (Wildman–Crippen LogP) is 5.73. The molecule has 27 heavy (non-hydrogen) atoms. The number of hydrogen-bond donors (Lipinski definition) is 1. The van der Waals surface area contributed by atoms with Crippen molar-refractivity contribution in [2.24, 2.45) is 0 Å². The van der Waals surface area contributed by atoms with Gasteiger partial charge in [-0.2, -0.15) is 0 Å². The summed E-state index contributed by atoms with van der Waals surface area (Å²) in [6, 6.07) is 19.0. The van der Waals surface area contributed by atoms with Crippen molar-refractivity contribution >= 4 is 11.3 Å². The van der Waals surface area contributed by atoms with Crippen LogP contribution in [0.3, 0.4) is 0 Å². The lowest BCUT2D eigenvalue weighted by Crippen LogP contribution is -2.21. The third kappa shape index (κ3) is 4.15. The fourth-order valence-corrected chi connectivity index (χ4v) is 3.75. The predicted molar refractivity (Wildman–Crippen MR) is 106 cm³/mol. The van der Waals surface area contributed by atoms with Crippen LogP contribution in [0.25, 0.3) is 11.3 Å². The first-order valence-electron chi connectivity index (χ1n) is 8.73. The Hall–Kier alpha value is -2.76. The average molecular weight is 378 g/mol. The van der Waals surface area contributed by atoms with Crippen LogP contribution in [-0.2, 0) is 6.54 Å². The van der Waals surface area contributed by atoms with Gasteiger partial charge in [0.15, 0.2) is 5.76 Å². The van der Waals surface area contributed by atoms with Crippen LogP contribution in [0.2, 0.25) is 0 Å². The zero-order chi connectivity index (χ0) is 18.6. The van der Waals surface area contributed by atoms with E-state index in [9.17, 15) is 4.39 Å². The van der Waals surface area contributed by atoms with Crippen LogP contribution in [0.15, 0.2) is 76.7 Å². The van der Waals surface area contributed by atoms with Crippen molar-refractivity contribution in [3.63, 3.8) is 0 Å². The molecule has 2 aromatic carbocycles. The van der Waals surface area contributed by atoms with Gasteiger partial charge in [0.2, 0.25) is 5.89 Å². The molecule has 0 saturated carbocycles. The van der Waals surface area contributed by atoms with Crippen LogP contribution < -0.4 is 5.32 Å². The Bertz CT molecular complexity index is 992. The Kier molecular flexibility index (Phi) is 5.14. The smallest absolute Gasteiger partial charge is 0.208 e. The van der Waals surface area contributed by atoms with Crippen molar-refractivity contribution in [2.45, 2.75) is 19.5 Å². The molecule has 136 valence electrons. The first-order chi connectivity index (χ1) is 13.2. The normalized spacial score (nSPS) is 12.2.